The van der Waals surface area contributed by atoms with Gasteiger partial charge < -0.3 is 14.2 Å². The summed E-state index contributed by atoms with van der Waals surface area (Å²) in [6.45, 7) is 11.5. The van der Waals surface area contributed by atoms with Crippen LogP contribution in [0.5, 0.6) is 0 Å². The molecule has 2 aliphatic rings. The van der Waals surface area contributed by atoms with Gasteiger partial charge in [0, 0.05) is 6.42 Å². The van der Waals surface area contributed by atoms with E-state index in [1.54, 1.807) is 0 Å². The van der Waals surface area contributed by atoms with Crippen molar-refractivity contribution in [2.45, 2.75) is 78.6 Å². The third kappa shape index (κ3) is 4.93. The Labute approximate surface area is 141 Å². The van der Waals surface area contributed by atoms with Crippen LogP contribution in [-0.4, -0.2) is 31.1 Å². The van der Waals surface area contributed by atoms with Gasteiger partial charge >= 0.3 is 5.97 Å². The Balaban J connectivity index is 1.79. The Hall–Kier alpha value is -0.610. The topological polar surface area (TPSA) is 44.8 Å². The van der Waals surface area contributed by atoms with Crippen molar-refractivity contribution in [3.05, 3.63) is 0 Å². The first-order chi connectivity index (χ1) is 10.9. The lowest BCUT2D eigenvalue weighted by atomic mass is 9.94. The summed E-state index contributed by atoms with van der Waals surface area (Å²) in [5.41, 5.74) is 0. The molecule has 0 spiro atoms. The number of hydrogen-bond donors (Lipinski definition) is 0. The molecular formula is C19H34O4. The van der Waals surface area contributed by atoms with Crippen LogP contribution in [0.1, 0.15) is 66.7 Å². The maximum atomic E-state index is 12.5. The predicted molar refractivity (Wildman–Crippen MR) is 89.9 cm³/mol. The molecule has 2 rings (SSSR count). The average molecular weight is 326 g/mol. The van der Waals surface area contributed by atoms with Gasteiger partial charge in [-0.2, -0.15) is 0 Å². The molecule has 4 heteroatoms. The Bertz CT molecular complexity index is 395. The Morgan fingerprint density at radius 3 is 2.61 bits per heavy atom. The predicted octanol–water partition coefficient (Wildman–Crippen LogP) is 4.17. The maximum Gasteiger partial charge on any atom is 0.309 e. The minimum atomic E-state index is -0.530. The Morgan fingerprint density at radius 2 is 2.00 bits per heavy atom. The fourth-order valence-electron chi connectivity index (χ4n) is 4.22. The third-order valence-corrected chi connectivity index (χ3v) is 5.38. The number of carbonyl (C=O) groups excluding carboxylic acids is 1. The molecule has 1 saturated heterocycles. The molecule has 0 aromatic heterocycles. The zero-order valence-corrected chi connectivity index (χ0v) is 15.5. The van der Waals surface area contributed by atoms with Crippen LogP contribution in [-0.2, 0) is 19.0 Å². The number of rotatable bonds is 7. The molecule has 0 N–H and O–H groups in total. The minimum Gasteiger partial charge on any atom is -0.463 e. The summed E-state index contributed by atoms with van der Waals surface area (Å²) in [7, 11) is 0. The highest BCUT2D eigenvalue weighted by molar-refractivity contribution is 5.73. The van der Waals surface area contributed by atoms with Crippen molar-refractivity contribution in [1.29, 1.82) is 0 Å². The summed E-state index contributed by atoms with van der Waals surface area (Å²) < 4.78 is 17.3. The highest BCUT2D eigenvalue weighted by Gasteiger charge is 2.40. The quantitative estimate of drug-likeness (QED) is 0.659. The summed E-state index contributed by atoms with van der Waals surface area (Å²) in [6, 6.07) is 0. The van der Waals surface area contributed by atoms with E-state index in [9.17, 15) is 4.79 Å². The molecule has 0 aromatic carbocycles. The monoisotopic (exact) mass is 326 g/mol. The first-order valence-electron chi connectivity index (χ1n) is 9.35. The molecule has 0 aromatic rings. The van der Waals surface area contributed by atoms with Crippen LogP contribution in [0.25, 0.3) is 0 Å². The second-order valence-corrected chi connectivity index (χ2v) is 7.93. The smallest absolute Gasteiger partial charge is 0.309 e. The second kappa shape index (κ2) is 7.98. The lowest BCUT2D eigenvalue weighted by molar-refractivity contribution is -0.175. The van der Waals surface area contributed by atoms with E-state index in [-0.39, 0.29) is 18.0 Å². The summed E-state index contributed by atoms with van der Waals surface area (Å²) in [5.74, 6) is 1.19. The molecule has 1 heterocycles. The van der Waals surface area contributed by atoms with Crippen molar-refractivity contribution in [2.75, 3.05) is 13.2 Å². The standard InChI is InChI=1S/C19H34O4/c1-6-14-8-15(7-2)17(9-14)18(20)21-11-16-12-22-19(5,23-16)10-13(3)4/h13-17H,6-12H2,1-5H3. The van der Waals surface area contributed by atoms with Crippen LogP contribution in [0.15, 0.2) is 0 Å². The molecule has 1 aliphatic carbocycles. The van der Waals surface area contributed by atoms with Crippen LogP contribution >= 0.6 is 0 Å². The summed E-state index contributed by atoms with van der Waals surface area (Å²) >= 11 is 0. The van der Waals surface area contributed by atoms with Gasteiger partial charge in [0.05, 0.1) is 12.5 Å². The fourth-order valence-corrected chi connectivity index (χ4v) is 4.22. The van der Waals surface area contributed by atoms with Gasteiger partial charge in [-0.1, -0.05) is 40.5 Å². The zero-order chi connectivity index (χ0) is 17.0. The molecule has 4 nitrogen and oxygen atoms in total. The van der Waals surface area contributed by atoms with Gasteiger partial charge in [-0.05, 0) is 37.5 Å². The van der Waals surface area contributed by atoms with E-state index in [1.165, 1.54) is 6.42 Å². The van der Waals surface area contributed by atoms with Crippen LogP contribution in [0.4, 0.5) is 0 Å². The van der Waals surface area contributed by atoms with Crippen LogP contribution < -0.4 is 0 Å². The molecule has 2 fully saturated rings. The van der Waals surface area contributed by atoms with Gasteiger partial charge in [-0.3, -0.25) is 4.79 Å². The van der Waals surface area contributed by atoms with Crippen molar-refractivity contribution in [3.63, 3.8) is 0 Å². The van der Waals surface area contributed by atoms with E-state index in [1.807, 2.05) is 6.92 Å². The van der Waals surface area contributed by atoms with Gasteiger partial charge in [0.1, 0.15) is 12.7 Å². The average Bonchev–Trinajstić information content (AvgIpc) is 3.07. The van der Waals surface area contributed by atoms with E-state index < -0.39 is 5.79 Å². The van der Waals surface area contributed by atoms with Crippen molar-refractivity contribution in [1.82, 2.24) is 0 Å². The molecule has 23 heavy (non-hydrogen) atoms. The van der Waals surface area contributed by atoms with E-state index in [0.29, 0.717) is 31.0 Å². The number of hydrogen-bond acceptors (Lipinski definition) is 4. The van der Waals surface area contributed by atoms with Crippen LogP contribution in [0.3, 0.4) is 0 Å². The highest BCUT2D eigenvalue weighted by atomic mass is 16.7. The molecule has 0 amide bonds. The molecule has 1 saturated carbocycles. The molecule has 5 unspecified atom stereocenters. The highest BCUT2D eigenvalue weighted by Crippen LogP contribution is 2.40. The maximum absolute atomic E-state index is 12.5. The zero-order valence-electron chi connectivity index (χ0n) is 15.5. The number of carbonyl (C=O) groups is 1. The third-order valence-electron chi connectivity index (χ3n) is 5.38. The van der Waals surface area contributed by atoms with Gasteiger partial charge in [0.15, 0.2) is 5.79 Å². The lowest BCUT2D eigenvalue weighted by Gasteiger charge is -2.25. The summed E-state index contributed by atoms with van der Waals surface area (Å²) in [5, 5.41) is 0. The van der Waals surface area contributed by atoms with E-state index in [4.69, 9.17) is 14.2 Å². The molecular weight excluding hydrogens is 292 g/mol. The minimum absolute atomic E-state index is 0.0335. The van der Waals surface area contributed by atoms with Crippen molar-refractivity contribution in [2.24, 2.45) is 23.7 Å². The van der Waals surface area contributed by atoms with Gasteiger partial charge in [0.2, 0.25) is 0 Å². The fraction of sp³-hybridized carbons (Fsp3) is 0.947. The van der Waals surface area contributed by atoms with Crippen LogP contribution in [0.2, 0.25) is 0 Å². The first kappa shape index (κ1) is 18.7. The largest absolute Gasteiger partial charge is 0.463 e. The molecule has 1 aliphatic heterocycles. The van der Waals surface area contributed by atoms with Gasteiger partial charge in [0.25, 0.3) is 0 Å². The second-order valence-electron chi connectivity index (χ2n) is 7.93. The molecule has 0 bridgehead atoms. The number of ether oxygens (including phenoxy) is 3. The summed E-state index contributed by atoms with van der Waals surface area (Å²) in [4.78, 5) is 12.5. The van der Waals surface area contributed by atoms with Gasteiger partial charge in [-0.15, -0.1) is 0 Å². The number of esters is 1. The van der Waals surface area contributed by atoms with E-state index in [2.05, 4.69) is 27.7 Å². The Kier molecular flexibility index (Phi) is 6.49. The van der Waals surface area contributed by atoms with E-state index in [0.717, 1.165) is 25.7 Å². The van der Waals surface area contributed by atoms with Crippen molar-refractivity contribution >= 4 is 5.97 Å². The SMILES string of the molecule is CCC1CC(CC)C(C(=O)OCC2COC(C)(CC(C)C)O2)C1. The molecule has 5 atom stereocenters. The summed E-state index contributed by atoms with van der Waals surface area (Å²) in [6.07, 6.45) is 5.10. The van der Waals surface area contributed by atoms with Crippen molar-refractivity contribution < 1.29 is 19.0 Å². The normalized spacial score (nSPS) is 37.5. The molecule has 134 valence electrons. The van der Waals surface area contributed by atoms with E-state index >= 15 is 0 Å². The lowest BCUT2D eigenvalue weighted by Crippen LogP contribution is -2.31. The first-order valence-corrected chi connectivity index (χ1v) is 9.35. The van der Waals surface area contributed by atoms with Crippen molar-refractivity contribution in [3.8, 4) is 0 Å². The molecule has 0 radical (unpaired) electrons. The Morgan fingerprint density at radius 1 is 1.26 bits per heavy atom. The van der Waals surface area contributed by atoms with Gasteiger partial charge in [-0.25, -0.2) is 0 Å². The van der Waals surface area contributed by atoms with Crippen LogP contribution in [0, 0.1) is 23.7 Å².